The molecule has 1 atom stereocenters. The van der Waals surface area contributed by atoms with Crippen molar-refractivity contribution < 1.29 is 22.7 Å². The summed E-state index contributed by atoms with van der Waals surface area (Å²) in [5.74, 6) is -0.713. The van der Waals surface area contributed by atoms with E-state index in [1.54, 1.807) is 30.0 Å². The maximum Gasteiger partial charge on any atom is 0.309 e. The molecule has 0 saturated carbocycles. The molecular weight excluding hydrogens is 344 g/mol. The summed E-state index contributed by atoms with van der Waals surface area (Å²) in [5.41, 5.74) is 0. The molecule has 0 radical (unpaired) electrons. The summed E-state index contributed by atoms with van der Waals surface area (Å²) < 4.78 is 32.0. The molecule has 138 valence electrons. The Morgan fingerprint density at radius 1 is 1.24 bits per heavy atom. The highest BCUT2D eigenvalue weighted by molar-refractivity contribution is 7.89. The molecule has 1 N–H and O–H groups in total. The first kappa shape index (κ1) is 19.4. The van der Waals surface area contributed by atoms with Crippen molar-refractivity contribution in [3.05, 3.63) is 30.3 Å². The second-order valence-electron chi connectivity index (χ2n) is 6.01. The van der Waals surface area contributed by atoms with Gasteiger partial charge in [0.25, 0.3) is 0 Å². The Hall–Kier alpha value is -1.93. The van der Waals surface area contributed by atoms with Gasteiger partial charge in [-0.3, -0.25) is 9.59 Å². The average Bonchev–Trinajstić information content (AvgIpc) is 2.62. The number of piperidine rings is 1. The van der Waals surface area contributed by atoms with E-state index in [0.29, 0.717) is 32.5 Å². The van der Waals surface area contributed by atoms with Crippen LogP contribution in [0, 0.1) is 5.92 Å². The molecule has 1 aliphatic rings. The number of carbonyl (C=O) groups excluding carboxylic acids is 2. The van der Waals surface area contributed by atoms with E-state index in [1.807, 2.05) is 0 Å². The van der Waals surface area contributed by atoms with E-state index in [0.717, 1.165) is 0 Å². The van der Waals surface area contributed by atoms with Gasteiger partial charge in [0, 0.05) is 13.1 Å². The number of esters is 1. The summed E-state index contributed by atoms with van der Waals surface area (Å²) in [6.07, 6.45) is 1.06. The molecular formula is C17H24N2O5S. The first-order valence-corrected chi connectivity index (χ1v) is 9.86. The number of sulfonamides is 1. The van der Waals surface area contributed by atoms with E-state index in [-0.39, 0.29) is 22.7 Å². The number of rotatable bonds is 6. The van der Waals surface area contributed by atoms with Crippen molar-refractivity contribution in [1.82, 2.24) is 9.62 Å². The van der Waals surface area contributed by atoms with Crippen molar-refractivity contribution in [3.63, 3.8) is 0 Å². The second kappa shape index (κ2) is 8.44. The van der Waals surface area contributed by atoms with Gasteiger partial charge in [-0.1, -0.05) is 18.2 Å². The summed E-state index contributed by atoms with van der Waals surface area (Å²) >= 11 is 0. The maximum atomic E-state index is 12.5. The molecule has 1 fully saturated rings. The number of hydrogen-bond acceptors (Lipinski definition) is 5. The fourth-order valence-corrected chi connectivity index (χ4v) is 4.04. The fraction of sp³-hybridized carbons (Fsp3) is 0.529. The van der Waals surface area contributed by atoms with E-state index in [2.05, 4.69) is 4.72 Å². The van der Waals surface area contributed by atoms with Gasteiger partial charge < -0.3 is 9.64 Å². The minimum absolute atomic E-state index is 0.121. The third kappa shape index (κ3) is 5.02. The Bertz CT molecular complexity index is 697. The van der Waals surface area contributed by atoms with Crippen LogP contribution >= 0.6 is 0 Å². The van der Waals surface area contributed by atoms with Crippen LogP contribution in [0.5, 0.6) is 0 Å². The van der Waals surface area contributed by atoms with Gasteiger partial charge in [-0.25, -0.2) is 8.42 Å². The Labute approximate surface area is 148 Å². The number of hydrogen-bond donors (Lipinski definition) is 1. The minimum atomic E-state index is -3.75. The highest BCUT2D eigenvalue weighted by Crippen LogP contribution is 2.19. The number of amides is 1. The zero-order chi connectivity index (χ0) is 18.4. The largest absolute Gasteiger partial charge is 0.466 e. The van der Waals surface area contributed by atoms with Crippen LogP contribution in [0.2, 0.25) is 0 Å². The second-order valence-corrected chi connectivity index (χ2v) is 7.72. The third-order valence-corrected chi connectivity index (χ3v) is 5.74. The lowest BCUT2D eigenvalue weighted by Gasteiger charge is -2.32. The van der Waals surface area contributed by atoms with Crippen LogP contribution in [0.4, 0.5) is 0 Å². The molecule has 1 aliphatic heterocycles. The lowest BCUT2D eigenvalue weighted by atomic mass is 9.96. The summed E-state index contributed by atoms with van der Waals surface area (Å²) in [4.78, 5) is 25.9. The van der Waals surface area contributed by atoms with E-state index < -0.39 is 16.1 Å². The lowest BCUT2D eigenvalue weighted by Crippen LogP contribution is -2.49. The molecule has 0 aromatic heterocycles. The van der Waals surface area contributed by atoms with E-state index in [9.17, 15) is 18.0 Å². The molecule has 0 spiro atoms. The molecule has 1 aromatic carbocycles. The van der Waals surface area contributed by atoms with Crippen LogP contribution in [0.15, 0.2) is 35.2 Å². The van der Waals surface area contributed by atoms with Gasteiger partial charge in [-0.15, -0.1) is 0 Å². The van der Waals surface area contributed by atoms with Crippen LogP contribution < -0.4 is 4.72 Å². The minimum Gasteiger partial charge on any atom is -0.466 e. The molecule has 1 aromatic rings. The van der Waals surface area contributed by atoms with Gasteiger partial charge in [-0.2, -0.15) is 4.72 Å². The van der Waals surface area contributed by atoms with Crippen molar-refractivity contribution in [3.8, 4) is 0 Å². The zero-order valence-electron chi connectivity index (χ0n) is 14.5. The Morgan fingerprint density at radius 2 is 1.84 bits per heavy atom. The SMILES string of the molecule is CCOC(=O)C1CCN(C(=O)[C@H](C)NS(=O)(=O)c2ccccc2)CC1. The summed E-state index contributed by atoms with van der Waals surface area (Å²) in [6.45, 7) is 4.47. The van der Waals surface area contributed by atoms with Crippen LogP contribution in [0.3, 0.4) is 0 Å². The number of ether oxygens (including phenoxy) is 1. The van der Waals surface area contributed by atoms with Crippen molar-refractivity contribution in [2.24, 2.45) is 5.92 Å². The monoisotopic (exact) mass is 368 g/mol. The van der Waals surface area contributed by atoms with E-state index >= 15 is 0 Å². The fourth-order valence-electron chi connectivity index (χ4n) is 2.82. The molecule has 1 heterocycles. The molecule has 2 rings (SSSR count). The molecule has 0 aliphatic carbocycles. The highest BCUT2D eigenvalue weighted by atomic mass is 32.2. The number of likely N-dealkylation sites (tertiary alicyclic amines) is 1. The predicted molar refractivity (Wildman–Crippen MR) is 92.2 cm³/mol. The molecule has 8 heteroatoms. The summed E-state index contributed by atoms with van der Waals surface area (Å²) in [7, 11) is -3.75. The number of carbonyl (C=O) groups is 2. The Balaban J connectivity index is 1.92. The first-order chi connectivity index (χ1) is 11.8. The molecule has 0 bridgehead atoms. The third-order valence-electron chi connectivity index (χ3n) is 4.18. The summed E-state index contributed by atoms with van der Waals surface area (Å²) in [6, 6.07) is 7.06. The van der Waals surface area contributed by atoms with Gasteiger partial charge in [0.05, 0.1) is 23.5 Å². The lowest BCUT2D eigenvalue weighted by molar-refractivity contribution is -0.151. The van der Waals surface area contributed by atoms with Crippen LogP contribution in [0.1, 0.15) is 26.7 Å². The molecule has 1 amide bonds. The molecule has 0 unspecified atom stereocenters. The number of nitrogens with one attached hydrogen (secondary N) is 1. The molecule has 1 saturated heterocycles. The van der Waals surface area contributed by atoms with Crippen molar-refractivity contribution in [2.75, 3.05) is 19.7 Å². The van der Waals surface area contributed by atoms with Gasteiger partial charge >= 0.3 is 5.97 Å². The maximum absolute atomic E-state index is 12.5. The highest BCUT2D eigenvalue weighted by Gasteiger charge is 2.31. The normalized spacial score (nSPS) is 17.1. The van der Waals surface area contributed by atoms with Gasteiger partial charge in [-0.05, 0) is 38.8 Å². The smallest absolute Gasteiger partial charge is 0.309 e. The quantitative estimate of drug-likeness (QED) is 0.761. The van der Waals surface area contributed by atoms with E-state index in [1.165, 1.54) is 19.1 Å². The topological polar surface area (TPSA) is 92.8 Å². The Morgan fingerprint density at radius 3 is 2.40 bits per heavy atom. The average molecular weight is 368 g/mol. The number of nitrogens with zero attached hydrogens (tertiary/aromatic N) is 1. The molecule has 7 nitrogen and oxygen atoms in total. The first-order valence-electron chi connectivity index (χ1n) is 8.38. The van der Waals surface area contributed by atoms with Gasteiger partial charge in [0.15, 0.2) is 0 Å². The van der Waals surface area contributed by atoms with Crippen molar-refractivity contribution >= 4 is 21.9 Å². The summed E-state index contributed by atoms with van der Waals surface area (Å²) in [5, 5.41) is 0. The predicted octanol–water partition coefficient (Wildman–Crippen LogP) is 1.16. The van der Waals surface area contributed by atoms with Crippen molar-refractivity contribution in [1.29, 1.82) is 0 Å². The van der Waals surface area contributed by atoms with Crippen LogP contribution in [0.25, 0.3) is 0 Å². The van der Waals surface area contributed by atoms with Crippen molar-refractivity contribution in [2.45, 2.75) is 37.6 Å². The van der Waals surface area contributed by atoms with Crippen LogP contribution in [-0.4, -0.2) is 50.9 Å². The molecule has 25 heavy (non-hydrogen) atoms. The van der Waals surface area contributed by atoms with E-state index in [4.69, 9.17) is 4.74 Å². The standard InChI is InChI=1S/C17H24N2O5S/c1-3-24-17(21)14-9-11-19(12-10-14)16(20)13(2)18-25(22,23)15-7-5-4-6-8-15/h4-8,13-14,18H,3,9-12H2,1-2H3/t13-/m0/s1. The van der Waals surface area contributed by atoms with Gasteiger partial charge in [0.2, 0.25) is 15.9 Å². The number of benzene rings is 1. The van der Waals surface area contributed by atoms with Gasteiger partial charge in [0.1, 0.15) is 0 Å². The zero-order valence-corrected chi connectivity index (χ0v) is 15.3. The van der Waals surface area contributed by atoms with Crippen LogP contribution in [-0.2, 0) is 24.3 Å². The Kier molecular flexibility index (Phi) is 6.55.